The number of anilines is 1. The Kier molecular flexibility index (Phi) is 4.05. The van der Waals surface area contributed by atoms with Gasteiger partial charge in [-0.25, -0.2) is 0 Å². The fourth-order valence-corrected chi connectivity index (χ4v) is 1.57. The Morgan fingerprint density at radius 2 is 2.13 bits per heavy atom. The van der Waals surface area contributed by atoms with E-state index < -0.39 is 0 Å². The highest BCUT2D eigenvalue weighted by atomic mass is 32.1. The summed E-state index contributed by atoms with van der Waals surface area (Å²) in [6, 6.07) is 6.10. The third kappa shape index (κ3) is 3.49. The van der Waals surface area contributed by atoms with E-state index >= 15 is 0 Å². The van der Waals surface area contributed by atoms with Gasteiger partial charge in [0.1, 0.15) is 0 Å². The molecule has 3 N–H and O–H groups in total. The monoisotopic (exact) mass is 223 g/mol. The Labute approximate surface area is 96.3 Å². The fourth-order valence-electron chi connectivity index (χ4n) is 1.46. The molecule has 15 heavy (non-hydrogen) atoms. The quantitative estimate of drug-likeness (QED) is 0.766. The summed E-state index contributed by atoms with van der Waals surface area (Å²) in [6.07, 6.45) is 0. The summed E-state index contributed by atoms with van der Waals surface area (Å²) >= 11 is 4.82. The van der Waals surface area contributed by atoms with Gasteiger partial charge in [0.25, 0.3) is 0 Å². The highest BCUT2D eigenvalue weighted by Gasteiger charge is 2.04. The molecule has 0 radical (unpaired) electrons. The van der Waals surface area contributed by atoms with E-state index in [1.54, 1.807) is 0 Å². The topological polar surface area (TPSA) is 41.3 Å². The second-order valence-corrected chi connectivity index (χ2v) is 4.26. The van der Waals surface area contributed by atoms with Crippen LogP contribution in [0.1, 0.15) is 11.1 Å². The number of nitrogens with two attached hydrogens (primary N) is 1. The third-order valence-corrected chi connectivity index (χ3v) is 2.29. The van der Waals surface area contributed by atoms with Crippen molar-refractivity contribution >= 4 is 23.0 Å². The molecule has 0 fully saturated rings. The predicted molar refractivity (Wildman–Crippen MR) is 69.0 cm³/mol. The van der Waals surface area contributed by atoms with E-state index in [0.29, 0.717) is 5.11 Å². The lowest BCUT2D eigenvalue weighted by atomic mass is 10.1. The van der Waals surface area contributed by atoms with Crippen LogP contribution in [0.2, 0.25) is 0 Å². The summed E-state index contributed by atoms with van der Waals surface area (Å²) in [5, 5.41) is 3.28. The van der Waals surface area contributed by atoms with Crippen molar-refractivity contribution < 1.29 is 0 Å². The molecule has 0 aliphatic carbocycles. The summed E-state index contributed by atoms with van der Waals surface area (Å²) < 4.78 is 0. The zero-order chi connectivity index (χ0) is 11.4. The van der Waals surface area contributed by atoms with Gasteiger partial charge in [-0.2, -0.15) is 0 Å². The number of nitrogens with one attached hydrogen (secondary N) is 1. The molecule has 0 atom stereocenters. The largest absolute Gasteiger partial charge is 0.376 e. The minimum Gasteiger partial charge on any atom is -0.376 e. The van der Waals surface area contributed by atoms with E-state index in [4.69, 9.17) is 18.0 Å². The molecule has 1 aromatic rings. The molecule has 0 bridgehead atoms. The van der Waals surface area contributed by atoms with E-state index in [0.717, 1.165) is 12.2 Å². The predicted octanol–water partition coefficient (Wildman–Crippen LogP) is 1.71. The lowest BCUT2D eigenvalue weighted by Crippen LogP contribution is -2.20. The second-order valence-electron chi connectivity index (χ2n) is 3.82. The molecule has 1 rings (SSSR count). The van der Waals surface area contributed by atoms with Crippen LogP contribution in [0, 0.1) is 6.92 Å². The standard InChI is InChI=1S/C11H17N3S/c1-8-9(7-14(2)3)5-4-6-10(8)13-11(12)15/h4-6H,7H2,1-3H3,(H3,12,13,15). The van der Waals surface area contributed by atoms with Crippen molar-refractivity contribution in [3.05, 3.63) is 29.3 Å². The molecule has 0 amide bonds. The Bertz CT molecular complexity index is 361. The van der Waals surface area contributed by atoms with Crippen molar-refractivity contribution in [3.8, 4) is 0 Å². The molecular formula is C11H17N3S. The summed E-state index contributed by atoms with van der Waals surface area (Å²) in [7, 11) is 4.10. The summed E-state index contributed by atoms with van der Waals surface area (Å²) in [6.45, 7) is 2.98. The Morgan fingerprint density at radius 1 is 1.47 bits per heavy atom. The highest BCUT2D eigenvalue weighted by Crippen LogP contribution is 2.19. The van der Waals surface area contributed by atoms with Crippen LogP contribution in [-0.2, 0) is 6.54 Å². The molecule has 0 aliphatic rings. The molecule has 4 heteroatoms. The van der Waals surface area contributed by atoms with Crippen molar-refractivity contribution in [2.45, 2.75) is 13.5 Å². The van der Waals surface area contributed by atoms with Crippen molar-refractivity contribution in [1.29, 1.82) is 0 Å². The number of hydrogen-bond donors (Lipinski definition) is 2. The smallest absolute Gasteiger partial charge is 0.168 e. The molecule has 0 aliphatic heterocycles. The first-order valence-electron chi connectivity index (χ1n) is 4.80. The average molecular weight is 223 g/mol. The van der Waals surface area contributed by atoms with Gasteiger partial charge in [0, 0.05) is 12.2 Å². The van der Waals surface area contributed by atoms with Gasteiger partial charge in [0.05, 0.1) is 0 Å². The molecule has 3 nitrogen and oxygen atoms in total. The minimum absolute atomic E-state index is 0.306. The first-order chi connectivity index (χ1) is 7.00. The molecule has 0 saturated carbocycles. The van der Waals surface area contributed by atoms with E-state index in [1.807, 2.05) is 26.2 Å². The second kappa shape index (κ2) is 5.09. The Hall–Kier alpha value is -1.13. The van der Waals surface area contributed by atoms with Gasteiger partial charge in [0.15, 0.2) is 5.11 Å². The lowest BCUT2D eigenvalue weighted by Gasteiger charge is -2.15. The molecule has 82 valence electrons. The maximum absolute atomic E-state index is 5.45. The molecule has 0 heterocycles. The van der Waals surface area contributed by atoms with Crippen LogP contribution in [0.25, 0.3) is 0 Å². The van der Waals surface area contributed by atoms with Crippen molar-refractivity contribution in [2.24, 2.45) is 5.73 Å². The van der Waals surface area contributed by atoms with E-state index in [9.17, 15) is 0 Å². The third-order valence-electron chi connectivity index (χ3n) is 2.19. The van der Waals surface area contributed by atoms with E-state index in [1.165, 1.54) is 11.1 Å². The number of rotatable bonds is 3. The van der Waals surface area contributed by atoms with Crippen molar-refractivity contribution in [3.63, 3.8) is 0 Å². The first-order valence-corrected chi connectivity index (χ1v) is 5.21. The molecule has 0 saturated heterocycles. The van der Waals surface area contributed by atoms with Crippen LogP contribution in [-0.4, -0.2) is 24.1 Å². The van der Waals surface area contributed by atoms with Gasteiger partial charge in [-0.3, -0.25) is 0 Å². The molecule has 0 aromatic heterocycles. The average Bonchev–Trinajstić information content (AvgIpc) is 2.10. The number of benzene rings is 1. The van der Waals surface area contributed by atoms with Gasteiger partial charge in [-0.1, -0.05) is 12.1 Å². The molecule has 0 spiro atoms. The number of hydrogen-bond acceptors (Lipinski definition) is 2. The number of thiocarbonyl (C=S) groups is 1. The van der Waals surface area contributed by atoms with E-state index in [2.05, 4.69) is 23.2 Å². The lowest BCUT2D eigenvalue weighted by molar-refractivity contribution is 0.401. The van der Waals surface area contributed by atoms with Crippen molar-refractivity contribution in [1.82, 2.24) is 4.90 Å². The Morgan fingerprint density at radius 3 is 2.67 bits per heavy atom. The normalized spacial score (nSPS) is 10.4. The molecule has 0 unspecified atom stereocenters. The van der Waals surface area contributed by atoms with E-state index in [-0.39, 0.29) is 0 Å². The Balaban J connectivity index is 2.95. The first kappa shape index (κ1) is 11.9. The van der Waals surface area contributed by atoms with Gasteiger partial charge < -0.3 is 16.0 Å². The van der Waals surface area contributed by atoms with Gasteiger partial charge >= 0.3 is 0 Å². The van der Waals surface area contributed by atoms with Crippen LogP contribution in [0.15, 0.2) is 18.2 Å². The zero-order valence-electron chi connectivity index (χ0n) is 9.37. The minimum atomic E-state index is 0.306. The molecule has 1 aromatic carbocycles. The van der Waals surface area contributed by atoms with Crippen LogP contribution < -0.4 is 11.1 Å². The number of nitrogens with zero attached hydrogens (tertiary/aromatic N) is 1. The summed E-state index contributed by atoms with van der Waals surface area (Å²) in [4.78, 5) is 2.13. The van der Waals surface area contributed by atoms with Crippen LogP contribution >= 0.6 is 12.2 Å². The van der Waals surface area contributed by atoms with Gasteiger partial charge in [-0.15, -0.1) is 0 Å². The van der Waals surface area contributed by atoms with Gasteiger partial charge in [-0.05, 0) is 50.4 Å². The van der Waals surface area contributed by atoms with Crippen molar-refractivity contribution in [2.75, 3.05) is 19.4 Å². The SMILES string of the molecule is Cc1c(CN(C)C)cccc1NC(N)=S. The summed E-state index contributed by atoms with van der Waals surface area (Å²) in [5.41, 5.74) is 8.91. The molecular weight excluding hydrogens is 206 g/mol. The van der Waals surface area contributed by atoms with Crippen LogP contribution in [0.3, 0.4) is 0 Å². The van der Waals surface area contributed by atoms with Crippen LogP contribution in [0.5, 0.6) is 0 Å². The van der Waals surface area contributed by atoms with Crippen LogP contribution in [0.4, 0.5) is 5.69 Å². The zero-order valence-corrected chi connectivity index (χ0v) is 10.2. The highest BCUT2D eigenvalue weighted by molar-refractivity contribution is 7.80. The van der Waals surface area contributed by atoms with Gasteiger partial charge in [0.2, 0.25) is 0 Å². The maximum Gasteiger partial charge on any atom is 0.168 e. The maximum atomic E-state index is 5.45. The summed E-state index contributed by atoms with van der Waals surface area (Å²) in [5.74, 6) is 0. The fraction of sp³-hybridized carbons (Fsp3) is 0.364.